The number of hydrogen-bond acceptors (Lipinski definition) is 7. The summed E-state index contributed by atoms with van der Waals surface area (Å²) in [5.74, 6) is 0.762. The molecule has 128 valence electrons. The number of ether oxygens (including phenoxy) is 1. The number of alkyl carbamates (subject to hydrolysis) is 1. The summed E-state index contributed by atoms with van der Waals surface area (Å²) in [4.78, 5) is 30.9. The van der Waals surface area contributed by atoms with Gasteiger partial charge in [-0.15, -0.1) is 11.8 Å². The summed E-state index contributed by atoms with van der Waals surface area (Å²) < 4.78 is 5.07. The van der Waals surface area contributed by atoms with E-state index in [0.29, 0.717) is 12.3 Å². The number of hydrogen-bond donors (Lipinski definition) is 3. The van der Waals surface area contributed by atoms with Crippen molar-refractivity contribution in [3.05, 3.63) is 12.3 Å². The Morgan fingerprint density at radius 1 is 1.30 bits per heavy atom. The summed E-state index contributed by atoms with van der Waals surface area (Å²) in [6, 6.07) is 1.76. The fourth-order valence-corrected chi connectivity index (χ4v) is 2.19. The predicted molar refractivity (Wildman–Crippen MR) is 89.0 cm³/mol. The minimum atomic E-state index is -0.548. The van der Waals surface area contributed by atoms with Gasteiger partial charge in [0.05, 0.1) is 0 Å². The van der Waals surface area contributed by atoms with Gasteiger partial charge in [0.2, 0.25) is 11.9 Å². The number of nitrogens with one attached hydrogen (secondary N) is 2. The van der Waals surface area contributed by atoms with E-state index in [4.69, 9.17) is 10.5 Å². The molecule has 1 heterocycles. The van der Waals surface area contributed by atoms with Gasteiger partial charge in [0, 0.05) is 31.5 Å². The number of rotatable bonds is 7. The molecular weight excluding hydrogens is 318 g/mol. The topological polar surface area (TPSA) is 119 Å². The predicted octanol–water partition coefficient (Wildman–Crippen LogP) is 1.18. The molecule has 1 aromatic rings. The molecule has 1 aromatic heterocycles. The number of nitrogens with zero attached hydrogens (tertiary/aromatic N) is 2. The summed E-state index contributed by atoms with van der Waals surface area (Å²) >= 11 is 1.48. The van der Waals surface area contributed by atoms with Crippen LogP contribution >= 0.6 is 11.8 Å². The van der Waals surface area contributed by atoms with Gasteiger partial charge in [-0.2, -0.15) is 0 Å². The molecule has 0 fully saturated rings. The number of anilines is 1. The molecule has 0 saturated carbocycles. The lowest BCUT2D eigenvalue weighted by Crippen LogP contribution is -2.35. The summed E-state index contributed by atoms with van der Waals surface area (Å²) in [5, 5.41) is 6.06. The molecule has 0 spiro atoms. The molecule has 0 radical (unpaired) electrons. The lowest BCUT2D eigenvalue weighted by atomic mass is 10.2. The highest BCUT2D eigenvalue weighted by Gasteiger charge is 2.15. The van der Waals surface area contributed by atoms with E-state index in [0.717, 1.165) is 5.03 Å². The molecule has 2 amide bonds. The van der Waals surface area contributed by atoms with Crippen LogP contribution < -0.4 is 16.4 Å². The van der Waals surface area contributed by atoms with Crippen LogP contribution in [0, 0.1) is 0 Å². The second-order valence-corrected chi connectivity index (χ2v) is 6.75. The number of nitrogens with two attached hydrogens (primary N) is 1. The number of carbonyl (C=O) groups is 2. The zero-order valence-electron chi connectivity index (χ0n) is 13.6. The Labute approximate surface area is 140 Å². The van der Waals surface area contributed by atoms with Crippen molar-refractivity contribution in [1.82, 2.24) is 20.6 Å². The first-order valence-electron chi connectivity index (χ1n) is 7.21. The maximum Gasteiger partial charge on any atom is 0.407 e. The standard InChI is InChI=1S/C14H23N5O3S/c1-14(2,3)22-13(21)18-6-4-10(20)16-8-9-23-11-5-7-17-12(15)19-11/h5,7H,4,6,8-9H2,1-3H3,(H,16,20)(H,18,21)(H2,15,17,19). The largest absolute Gasteiger partial charge is 0.444 e. The van der Waals surface area contributed by atoms with E-state index in [1.807, 2.05) is 0 Å². The number of nitrogen functional groups attached to an aromatic ring is 1. The third-order valence-electron chi connectivity index (χ3n) is 2.34. The Kier molecular flexibility index (Phi) is 7.60. The first-order valence-corrected chi connectivity index (χ1v) is 8.20. The second kappa shape index (κ2) is 9.19. The van der Waals surface area contributed by atoms with Crippen LogP contribution in [0.2, 0.25) is 0 Å². The van der Waals surface area contributed by atoms with Crippen molar-refractivity contribution in [1.29, 1.82) is 0 Å². The Morgan fingerprint density at radius 2 is 2.04 bits per heavy atom. The van der Waals surface area contributed by atoms with E-state index >= 15 is 0 Å². The molecule has 0 aliphatic rings. The van der Waals surface area contributed by atoms with Crippen molar-refractivity contribution in [2.24, 2.45) is 0 Å². The molecular formula is C14H23N5O3S. The number of amides is 2. The van der Waals surface area contributed by atoms with Gasteiger partial charge in [0.15, 0.2) is 0 Å². The van der Waals surface area contributed by atoms with Gasteiger partial charge in [-0.25, -0.2) is 14.8 Å². The van der Waals surface area contributed by atoms with Gasteiger partial charge < -0.3 is 21.1 Å². The van der Waals surface area contributed by atoms with E-state index < -0.39 is 11.7 Å². The highest BCUT2D eigenvalue weighted by atomic mass is 32.2. The molecule has 0 saturated heterocycles. The Morgan fingerprint density at radius 3 is 2.70 bits per heavy atom. The third kappa shape index (κ3) is 9.56. The molecule has 9 heteroatoms. The van der Waals surface area contributed by atoms with Crippen LogP contribution in [0.1, 0.15) is 27.2 Å². The highest BCUT2D eigenvalue weighted by molar-refractivity contribution is 7.99. The number of aromatic nitrogens is 2. The van der Waals surface area contributed by atoms with Crippen molar-refractivity contribution >= 4 is 29.7 Å². The summed E-state index contributed by atoms with van der Waals surface area (Å²) in [5.41, 5.74) is 4.93. The highest BCUT2D eigenvalue weighted by Crippen LogP contribution is 2.13. The molecule has 0 bridgehead atoms. The number of thioether (sulfide) groups is 1. The molecule has 0 aliphatic heterocycles. The summed E-state index contributed by atoms with van der Waals surface area (Å²) in [6.07, 6.45) is 1.26. The van der Waals surface area contributed by atoms with Gasteiger partial charge in [-0.1, -0.05) is 0 Å². The normalized spacial score (nSPS) is 10.9. The van der Waals surface area contributed by atoms with E-state index in [2.05, 4.69) is 20.6 Å². The zero-order chi connectivity index (χ0) is 17.3. The van der Waals surface area contributed by atoms with Crippen LogP contribution in [0.5, 0.6) is 0 Å². The van der Waals surface area contributed by atoms with E-state index in [1.165, 1.54) is 11.8 Å². The quantitative estimate of drug-likeness (QED) is 0.387. The fraction of sp³-hybridized carbons (Fsp3) is 0.571. The lowest BCUT2D eigenvalue weighted by Gasteiger charge is -2.19. The van der Waals surface area contributed by atoms with E-state index in [1.54, 1.807) is 33.0 Å². The lowest BCUT2D eigenvalue weighted by molar-refractivity contribution is -0.120. The monoisotopic (exact) mass is 341 g/mol. The van der Waals surface area contributed by atoms with E-state index in [-0.39, 0.29) is 24.8 Å². The van der Waals surface area contributed by atoms with Crippen molar-refractivity contribution in [2.75, 3.05) is 24.6 Å². The van der Waals surface area contributed by atoms with Crippen LogP contribution in [0.4, 0.5) is 10.7 Å². The average molecular weight is 341 g/mol. The minimum Gasteiger partial charge on any atom is -0.444 e. The first kappa shape index (κ1) is 19.0. The smallest absolute Gasteiger partial charge is 0.407 e. The Hall–Kier alpha value is -2.03. The van der Waals surface area contributed by atoms with Crippen LogP contribution in [-0.4, -0.2) is 46.4 Å². The van der Waals surface area contributed by atoms with Gasteiger partial charge in [0.1, 0.15) is 10.6 Å². The van der Waals surface area contributed by atoms with Gasteiger partial charge in [0.25, 0.3) is 0 Å². The molecule has 0 aliphatic carbocycles. The Balaban J connectivity index is 2.09. The second-order valence-electron chi connectivity index (χ2n) is 5.63. The molecule has 0 atom stereocenters. The van der Waals surface area contributed by atoms with Gasteiger partial charge in [-0.05, 0) is 26.8 Å². The summed E-state index contributed by atoms with van der Waals surface area (Å²) in [6.45, 7) is 6.07. The van der Waals surface area contributed by atoms with Crippen LogP contribution in [-0.2, 0) is 9.53 Å². The van der Waals surface area contributed by atoms with Gasteiger partial charge >= 0.3 is 6.09 Å². The molecule has 23 heavy (non-hydrogen) atoms. The molecule has 0 unspecified atom stereocenters. The van der Waals surface area contributed by atoms with Gasteiger partial charge in [-0.3, -0.25) is 4.79 Å². The van der Waals surface area contributed by atoms with Crippen molar-refractivity contribution in [2.45, 2.75) is 37.8 Å². The molecule has 8 nitrogen and oxygen atoms in total. The fourth-order valence-electron chi connectivity index (χ4n) is 1.46. The van der Waals surface area contributed by atoms with Crippen LogP contribution in [0.15, 0.2) is 17.3 Å². The number of carbonyl (C=O) groups excluding carboxylic acids is 2. The van der Waals surface area contributed by atoms with Crippen molar-refractivity contribution in [3.63, 3.8) is 0 Å². The van der Waals surface area contributed by atoms with Crippen molar-refractivity contribution < 1.29 is 14.3 Å². The van der Waals surface area contributed by atoms with E-state index in [9.17, 15) is 9.59 Å². The minimum absolute atomic E-state index is 0.135. The summed E-state index contributed by atoms with van der Waals surface area (Å²) in [7, 11) is 0. The van der Waals surface area contributed by atoms with Crippen LogP contribution in [0.25, 0.3) is 0 Å². The molecule has 4 N–H and O–H groups in total. The molecule has 0 aromatic carbocycles. The average Bonchev–Trinajstić information content (AvgIpc) is 2.42. The molecule has 1 rings (SSSR count). The van der Waals surface area contributed by atoms with Crippen molar-refractivity contribution in [3.8, 4) is 0 Å². The Bertz CT molecular complexity index is 533. The maximum atomic E-state index is 11.6. The SMILES string of the molecule is CC(C)(C)OC(=O)NCCC(=O)NCCSc1ccnc(N)n1. The maximum absolute atomic E-state index is 11.6. The first-order chi connectivity index (χ1) is 10.8. The zero-order valence-corrected chi connectivity index (χ0v) is 14.4. The third-order valence-corrected chi connectivity index (χ3v) is 3.27. The van der Waals surface area contributed by atoms with Crippen LogP contribution in [0.3, 0.4) is 0 Å².